The Labute approximate surface area is 199 Å². The number of rotatable bonds is 2. The zero-order valence-electron chi connectivity index (χ0n) is 19.3. The number of ether oxygens (including phenoxy) is 1. The highest BCUT2D eigenvalue weighted by Crippen LogP contribution is 2.47. The van der Waals surface area contributed by atoms with Crippen LogP contribution in [0.5, 0.6) is 5.75 Å². The van der Waals surface area contributed by atoms with Crippen molar-refractivity contribution >= 4 is 22.2 Å². The molecule has 0 saturated carbocycles. The average molecular weight is 470 g/mol. The Balaban J connectivity index is 1.89. The van der Waals surface area contributed by atoms with Gasteiger partial charge in [0.1, 0.15) is 5.75 Å². The quantitative estimate of drug-likeness (QED) is 0.371. The predicted octanol–water partition coefficient (Wildman–Crippen LogP) is 4.86. The van der Waals surface area contributed by atoms with Crippen LogP contribution in [0.15, 0.2) is 69.6 Å². The van der Waals surface area contributed by atoms with E-state index in [4.69, 9.17) is 4.74 Å². The molecule has 1 aliphatic rings. The van der Waals surface area contributed by atoms with E-state index in [0.717, 1.165) is 44.4 Å². The first-order chi connectivity index (χ1) is 16.4. The van der Waals surface area contributed by atoms with Crippen LogP contribution >= 0.6 is 11.3 Å². The van der Waals surface area contributed by atoms with Crippen molar-refractivity contribution in [2.45, 2.75) is 20.0 Å². The number of hydrogen-bond donors (Lipinski definition) is 0. The lowest BCUT2D eigenvalue weighted by Crippen LogP contribution is -2.37. The molecule has 6 nitrogen and oxygen atoms in total. The molecule has 0 N–H and O–H groups in total. The second kappa shape index (κ2) is 7.33. The molecule has 2 aromatic carbocycles. The topological polar surface area (TPSA) is 58.2 Å². The minimum absolute atomic E-state index is 0.310. The van der Waals surface area contributed by atoms with E-state index in [1.807, 2.05) is 67.8 Å². The lowest BCUT2D eigenvalue weighted by atomic mass is 10.1. The van der Waals surface area contributed by atoms with Crippen LogP contribution in [-0.2, 0) is 14.1 Å². The Morgan fingerprint density at radius 2 is 1.65 bits per heavy atom. The van der Waals surface area contributed by atoms with Gasteiger partial charge in [-0.2, -0.15) is 0 Å². The average Bonchev–Trinajstić information content (AvgIpc) is 3.48. The van der Waals surface area contributed by atoms with Crippen molar-refractivity contribution in [1.29, 1.82) is 0 Å². The maximum atomic E-state index is 13.7. The highest BCUT2D eigenvalue weighted by Gasteiger charge is 2.36. The third-order valence-electron chi connectivity index (χ3n) is 6.58. The van der Waals surface area contributed by atoms with E-state index >= 15 is 0 Å². The van der Waals surface area contributed by atoms with E-state index in [0.29, 0.717) is 10.9 Å². The summed E-state index contributed by atoms with van der Waals surface area (Å²) in [7, 11) is 3.26. The molecule has 0 saturated heterocycles. The summed E-state index contributed by atoms with van der Waals surface area (Å²) in [6.45, 7) is 4.08. The molecule has 0 fully saturated rings. The molecule has 6 rings (SSSR count). The number of aromatic nitrogens is 3. The van der Waals surface area contributed by atoms with Crippen molar-refractivity contribution in [2.75, 3.05) is 0 Å². The molecule has 1 atom stereocenters. The maximum absolute atomic E-state index is 13.7. The molecule has 0 bridgehead atoms. The number of benzene rings is 2. The highest BCUT2D eigenvalue weighted by atomic mass is 32.1. The van der Waals surface area contributed by atoms with E-state index in [2.05, 4.69) is 10.6 Å². The molecule has 0 unspecified atom stereocenters. The summed E-state index contributed by atoms with van der Waals surface area (Å²) in [5.41, 5.74) is 5.50. The lowest BCUT2D eigenvalue weighted by Gasteiger charge is -2.29. The van der Waals surface area contributed by atoms with Gasteiger partial charge in [-0.1, -0.05) is 42.0 Å². The van der Waals surface area contributed by atoms with E-state index in [1.54, 1.807) is 23.0 Å². The van der Waals surface area contributed by atoms with Gasteiger partial charge in [-0.15, -0.1) is 11.3 Å². The van der Waals surface area contributed by atoms with E-state index in [-0.39, 0.29) is 11.2 Å². The zero-order valence-corrected chi connectivity index (χ0v) is 20.1. The fourth-order valence-corrected chi connectivity index (χ4v) is 5.64. The molecule has 3 aromatic heterocycles. The van der Waals surface area contributed by atoms with E-state index < -0.39 is 6.10 Å². The first-order valence-corrected chi connectivity index (χ1v) is 12.0. The Kier molecular flexibility index (Phi) is 4.47. The normalized spacial score (nSPS) is 14.6. The molecule has 7 heteroatoms. The van der Waals surface area contributed by atoms with Gasteiger partial charge in [-0.3, -0.25) is 13.9 Å². The Morgan fingerprint density at radius 1 is 0.912 bits per heavy atom. The zero-order chi connectivity index (χ0) is 23.7. The highest BCUT2D eigenvalue weighted by molar-refractivity contribution is 7.10. The summed E-state index contributed by atoms with van der Waals surface area (Å²) >= 11 is 1.59. The van der Waals surface area contributed by atoms with Crippen LogP contribution in [0.2, 0.25) is 0 Å². The van der Waals surface area contributed by atoms with Crippen LogP contribution in [0.1, 0.15) is 27.8 Å². The van der Waals surface area contributed by atoms with Crippen molar-refractivity contribution in [3.05, 3.63) is 103 Å². The summed E-state index contributed by atoms with van der Waals surface area (Å²) in [5.74, 6) is 0.743. The molecular weight excluding hydrogens is 446 g/mol. The van der Waals surface area contributed by atoms with E-state index in [9.17, 15) is 9.59 Å². The standard InChI is InChI=1S/C27H23N3O3S/c1-15-7-10-17(11-8-15)22-21-23(28(3)27(32)29(4)26(21)31)24-25(20-6-5-13-34-20)33-19-12-9-16(2)14-18(19)30(22)24/h5-14,25H,1-4H3/t25-/m1/s1. The second-order valence-electron chi connectivity index (χ2n) is 8.85. The molecule has 0 radical (unpaired) electrons. The molecular formula is C27H23N3O3S. The summed E-state index contributed by atoms with van der Waals surface area (Å²) in [6.07, 6.45) is -0.449. The molecule has 0 amide bonds. The molecule has 5 aromatic rings. The summed E-state index contributed by atoms with van der Waals surface area (Å²) in [6, 6.07) is 18.3. The third-order valence-corrected chi connectivity index (χ3v) is 7.50. The smallest absolute Gasteiger partial charge is 0.331 e. The summed E-state index contributed by atoms with van der Waals surface area (Å²) in [5, 5.41) is 2.53. The van der Waals surface area contributed by atoms with Gasteiger partial charge >= 0.3 is 5.69 Å². The number of aryl methyl sites for hydroxylation is 3. The van der Waals surface area contributed by atoms with Gasteiger partial charge in [-0.05, 0) is 48.6 Å². The molecule has 170 valence electrons. The van der Waals surface area contributed by atoms with Gasteiger partial charge in [-0.25, -0.2) is 4.79 Å². The SMILES string of the molecule is Cc1ccc(-c2c3c(=O)n(C)c(=O)n(C)c3c3n2-c2cc(C)ccc2O[C@@H]3c2cccs2)cc1. The Bertz CT molecular complexity index is 1700. The Morgan fingerprint density at radius 3 is 2.35 bits per heavy atom. The first-order valence-electron chi connectivity index (χ1n) is 11.1. The maximum Gasteiger partial charge on any atom is 0.331 e. The minimum Gasteiger partial charge on any atom is -0.476 e. The largest absolute Gasteiger partial charge is 0.476 e. The van der Waals surface area contributed by atoms with Crippen LogP contribution in [-0.4, -0.2) is 13.7 Å². The number of thiophene rings is 1. The van der Waals surface area contributed by atoms with Gasteiger partial charge in [0.2, 0.25) is 0 Å². The fourth-order valence-electron chi connectivity index (χ4n) is 4.89. The van der Waals surface area contributed by atoms with Gasteiger partial charge in [0.25, 0.3) is 5.56 Å². The third kappa shape index (κ3) is 2.80. The summed E-state index contributed by atoms with van der Waals surface area (Å²) in [4.78, 5) is 27.7. The van der Waals surface area contributed by atoms with Crippen LogP contribution < -0.4 is 16.0 Å². The predicted molar refractivity (Wildman–Crippen MR) is 135 cm³/mol. The van der Waals surface area contributed by atoms with Gasteiger partial charge in [0.05, 0.1) is 32.9 Å². The van der Waals surface area contributed by atoms with Gasteiger partial charge in [0, 0.05) is 14.1 Å². The number of nitrogens with zero attached hydrogens (tertiary/aromatic N) is 3. The van der Waals surface area contributed by atoms with Crippen LogP contribution in [0, 0.1) is 13.8 Å². The van der Waals surface area contributed by atoms with Crippen LogP contribution in [0.3, 0.4) is 0 Å². The molecule has 0 spiro atoms. The van der Waals surface area contributed by atoms with Gasteiger partial charge in [0.15, 0.2) is 6.10 Å². The van der Waals surface area contributed by atoms with Gasteiger partial charge < -0.3 is 9.30 Å². The number of fused-ring (bicyclic) bond motifs is 5. The summed E-state index contributed by atoms with van der Waals surface area (Å²) < 4.78 is 11.5. The molecule has 4 heterocycles. The number of hydrogen-bond acceptors (Lipinski definition) is 4. The molecule has 34 heavy (non-hydrogen) atoms. The lowest BCUT2D eigenvalue weighted by molar-refractivity contribution is 0.233. The Hall–Kier alpha value is -3.84. The van der Waals surface area contributed by atoms with E-state index in [1.165, 1.54) is 11.6 Å². The minimum atomic E-state index is -0.449. The fraction of sp³-hybridized carbons (Fsp3) is 0.185. The second-order valence-corrected chi connectivity index (χ2v) is 9.83. The van der Waals surface area contributed by atoms with Crippen molar-refractivity contribution in [3.63, 3.8) is 0 Å². The van der Waals surface area contributed by atoms with Crippen molar-refractivity contribution in [2.24, 2.45) is 14.1 Å². The van der Waals surface area contributed by atoms with Crippen LogP contribution in [0.4, 0.5) is 0 Å². The molecule has 1 aliphatic heterocycles. The van der Waals surface area contributed by atoms with Crippen molar-refractivity contribution in [1.82, 2.24) is 13.7 Å². The monoisotopic (exact) mass is 469 g/mol. The van der Waals surface area contributed by atoms with Crippen molar-refractivity contribution in [3.8, 4) is 22.7 Å². The van der Waals surface area contributed by atoms with Crippen LogP contribution in [0.25, 0.3) is 27.8 Å². The van der Waals surface area contributed by atoms with Crippen molar-refractivity contribution < 1.29 is 4.74 Å². The molecule has 0 aliphatic carbocycles. The first kappa shape index (κ1) is 20.7.